The smallest absolute Gasteiger partial charge is 0.260 e. The van der Waals surface area contributed by atoms with Gasteiger partial charge in [-0.3, -0.25) is 0 Å². The summed E-state index contributed by atoms with van der Waals surface area (Å²) in [5.41, 5.74) is -1.41. The monoisotopic (exact) mass is 329 g/mol. The first-order chi connectivity index (χ1) is 9.95. The first kappa shape index (κ1) is 14.6. The van der Waals surface area contributed by atoms with Crippen molar-refractivity contribution >= 4 is 21.4 Å². The van der Waals surface area contributed by atoms with Gasteiger partial charge in [0, 0.05) is 19.4 Å². The number of aromatic nitrogens is 2. The number of thiophene rings is 1. The zero-order valence-corrected chi connectivity index (χ0v) is 13.0. The number of β-amino-alcohol motifs (C(OH)–C–C–N with tert-alkyl or cyclic N) is 1. The van der Waals surface area contributed by atoms with Gasteiger partial charge in [-0.2, -0.15) is 9.29 Å². The van der Waals surface area contributed by atoms with Crippen molar-refractivity contribution in [1.82, 2.24) is 14.4 Å². The van der Waals surface area contributed by atoms with Crippen molar-refractivity contribution in [3.05, 3.63) is 29.2 Å². The fraction of sp³-hybridized carbons (Fsp3) is 0.500. The average Bonchev–Trinajstić information content (AvgIpc) is 3.19. The van der Waals surface area contributed by atoms with Crippen LogP contribution in [0.4, 0.5) is 0 Å². The fourth-order valence-corrected chi connectivity index (χ4v) is 4.90. The summed E-state index contributed by atoms with van der Waals surface area (Å²) < 4.78 is 31.5. The minimum atomic E-state index is -3.57. The molecule has 1 saturated heterocycles. The third-order valence-corrected chi connectivity index (χ3v) is 6.70. The van der Waals surface area contributed by atoms with Gasteiger partial charge in [-0.15, -0.1) is 11.3 Å². The molecular formula is C12H15N3O4S2. The second-order valence-electron chi connectivity index (χ2n) is 4.92. The maximum absolute atomic E-state index is 12.4. The Morgan fingerprint density at radius 3 is 3.00 bits per heavy atom. The van der Waals surface area contributed by atoms with Gasteiger partial charge in [-0.05, 0) is 11.4 Å². The molecule has 2 aromatic rings. The summed E-state index contributed by atoms with van der Waals surface area (Å²) in [7, 11) is -3.57. The summed E-state index contributed by atoms with van der Waals surface area (Å²) >= 11 is 1.16. The lowest BCUT2D eigenvalue weighted by Crippen LogP contribution is -2.34. The molecule has 0 aromatic carbocycles. The molecule has 0 amide bonds. The molecule has 0 saturated carbocycles. The molecule has 0 aliphatic carbocycles. The van der Waals surface area contributed by atoms with E-state index < -0.39 is 15.6 Å². The third-order valence-electron chi connectivity index (χ3n) is 3.48. The van der Waals surface area contributed by atoms with Crippen LogP contribution in [0.2, 0.25) is 0 Å². The Labute approximate surface area is 126 Å². The maximum atomic E-state index is 12.4. The van der Waals surface area contributed by atoms with E-state index in [1.807, 2.05) is 6.92 Å². The van der Waals surface area contributed by atoms with Crippen LogP contribution in [0.3, 0.4) is 0 Å². The topological polar surface area (TPSA) is 96.5 Å². The van der Waals surface area contributed by atoms with E-state index >= 15 is 0 Å². The van der Waals surface area contributed by atoms with Gasteiger partial charge in [0.25, 0.3) is 15.9 Å². The van der Waals surface area contributed by atoms with Crippen LogP contribution in [-0.4, -0.2) is 41.1 Å². The second-order valence-corrected chi connectivity index (χ2v) is 8.03. The highest BCUT2D eigenvalue weighted by Crippen LogP contribution is 2.34. The lowest BCUT2D eigenvalue weighted by Gasteiger charge is -2.18. The highest BCUT2D eigenvalue weighted by molar-refractivity contribution is 7.91. The van der Waals surface area contributed by atoms with Gasteiger partial charge in [0.1, 0.15) is 4.21 Å². The van der Waals surface area contributed by atoms with Gasteiger partial charge >= 0.3 is 0 Å². The maximum Gasteiger partial charge on any atom is 0.260 e. The minimum Gasteiger partial charge on any atom is -0.379 e. The quantitative estimate of drug-likeness (QED) is 0.898. The van der Waals surface area contributed by atoms with Crippen LogP contribution in [0.25, 0.3) is 0 Å². The lowest BCUT2D eigenvalue weighted by atomic mass is 10.0. The fourth-order valence-electron chi connectivity index (χ4n) is 2.26. The molecular weight excluding hydrogens is 314 g/mol. The highest BCUT2D eigenvalue weighted by atomic mass is 32.2. The number of rotatable bonds is 4. The van der Waals surface area contributed by atoms with E-state index in [0.29, 0.717) is 12.2 Å². The first-order valence-electron chi connectivity index (χ1n) is 6.55. The molecule has 114 valence electrons. The van der Waals surface area contributed by atoms with Crippen molar-refractivity contribution in [3.63, 3.8) is 0 Å². The number of hydrogen-bond donors (Lipinski definition) is 1. The molecule has 0 bridgehead atoms. The summed E-state index contributed by atoms with van der Waals surface area (Å²) in [6, 6.07) is 3.24. The largest absolute Gasteiger partial charge is 0.379 e. The number of aliphatic hydroxyl groups is 1. The number of aryl methyl sites for hydroxylation is 1. The molecule has 3 rings (SSSR count). The molecule has 1 aliphatic rings. The SMILES string of the molecule is CCc1noc([C@@]2(O)CCN(S(=O)(=O)c3cccs3)C2)n1. The molecule has 0 unspecified atom stereocenters. The van der Waals surface area contributed by atoms with Gasteiger partial charge in [-0.25, -0.2) is 8.42 Å². The van der Waals surface area contributed by atoms with Gasteiger partial charge in [-0.1, -0.05) is 18.1 Å². The first-order valence-corrected chi connectivity index (χ1v) is 8.87. The van der Waals surface area contributed by atoms with Crippen molar-refractivity contribution in [1.29, 1.82) is 0 Å². The summed E-state index contributed by atoms with van der Waals surface area (Å²) in [4.78, 5) is 4.12. The molecule has 7 nitrogen and oxygen atoms in total. The Balaban J connectivity index is 1.85. The van der Waals surface area contributed by atoms with Crippen molar-refractivity contribution in [2.45, 2.75) is 29.6 Å². The number of sulfonamides is 1. The predicted octanol–water partition coefficient (Wildman–Crippen LogP) is 0.976. The number of nitrogens with zero attached hydrogens (tertiary/aromatic N) is 3. The van der Waals surface area contributed by atoms with E-state index in [1.54, 1.807) is 17.5 Å². The van der Waals surface area contributed by atoms with Crippen LogP contribution >= 0.6 is 11.3 Å². The zero-order chi connectivity index (χ0) is 15.1. The molecule has 2 aromatic heterocycles. The van der Waals surface area contributed by atoms with Gasteiger partial charge in [0.15, 0.2) is 11.4 Å². The molecule has 3 heterocycles. The minimum absolute atomic E-state index is 0.0709. The Bertz CT molecular complexity index is 726. The van der Waals surface area contributed by atoms with Gasteiger partial charge in [0.2, 0.25) is 0 Å². The summed E-state index contributed by atoms with van der Waals surface area (Å²) in [6.07, 6.45) is 0.833. The number of hydrogen-bond acceptors (Lipinski definition) is 7. The van der Waals surface area contributed by atoms with Gasteiger partial charge in [0.05, 0.1) is 6.54 Å². The molecule has 1 N–H and O–H groups in total. The molecule has 9 heteroatoms. The van der Waals surface area contributed by atoms with E-state index in [1.165, 1.54) is 4.31 Å². The second kappa shape index (κ2) is 5.16. The van der Waals surface area contributed by atoms with Crippen LogP contribution in [0.15, 0.2) is 26.2 Å². The van der Waals surface area contributed by atoms with Crippen molar-refractivity contribution in [2.75, 3.05) is 13.1 Å². The van der Waals surface area contributed by atoms with Gasteiger partial charge < -0.3 is 9.63 Å². The van der Waals surface area contributed by atoms with E-state index in [2.05, 4.69) is 10.1 Å². The predicted molar refractivity (Wildman–Crippen MR) is 75.3 cm³/mol. The van der Waals surface area contributed by atoms with E-state index in [0.717, 1.165) is 11.3 Å². The standard InChI is InChI=1S/C12H15N3O4S2/c1-2-9-13-11(19-14-9)12(16)5-6-15(8-12)21(17,18)10-4-3-7-20-10/h3-4,7,16H,2,5-6,8H2,1H3/t12-/m1/s1. The van der Waals surface area contributed by atoms with Crippen LogP contribution in [0.5, 0.6) is 0 Å². The third kappa shape index (κ3) is 2.50. The molecule has 1 atom stereocenters. The van der Waals surface area contributed by atoms with E-state index in [-0.39, 0.29) is 29.6 Å². The Hall–Kier alpha value is -1.29. The molecule has 1 aliphatic heterocycles. The summed E-state index contributed by atoms with van der Waals surface area (Å²) in [5.74, 6) is 0.584. The highest BCUT2D eigenvalue weighted by Gasteiger charge is 2.46. The van der Waals surface area contributed by atoms with Crippen LogP contribution in [-0.2, 0) is 22.0 Å². The molecule has 0 spiro atoms. The normalized spacial score (nSPS) is 23.7. The summed E-state index contributed by atoms with van der Waals surface area (Å²) in [6.45, 7) is 2.03. The zero-order valence-electron chi connectivity index (χ0n) is 11.4. The van der Waals surface area contributed by atoms with Crippen molar-refractivity contribution in [3.8, 4) is 0 Å². The van der Waals surface area contributed by atoms with Crippen molar-refractivity contribution < 1.29 is 18.0 Å². The lowest BCUT2D eigenvalue weighted by molar-refractivity contribution is 0.0194. The van der Waals surface area contributed by atoms with Crippen molar-refractivity contribution in [2.24, 2.45) is 0 Å². The Morgan fingerprint density at radius 1 is 1.57 bits per heavy atom. The Morgan fingerprint density at radius 2 is 2.38 bits per heavy atom. The van der Waals surface area contributed by atoms with E-state index in [9.17, 15) is 13.5 Å². The van der Waals surface area contributed by atoms with Crippen LogP contribution < -0.4 is 0 Å². The molecule has 21 heavy (non-hydrogen) atoms. The molecule has 0 radical (unpaired) electrons. The van der Waals surface area contributed by atoms with Crippen LogP contribution in [0.1, 0.15) is 25.1 Å². The van der Waals surface area contributed by atoms with E-state index in [4.69, 9.17) is 4.52 Å². The summed E-state index contributed by atoms with van der Waals surface area (Å²) in [5, 5.41) is 16.1. The molecule has 1 fully saturated rings. The van der Waals surface area contributed by atoms with Crippen LogP contribution in [0, 0.1) is 0 Å². The Kier molecular flexibility index (Phi) is 3.60. The average molecular weight is 329 g/mol.